The van der Waals surface area contributed by atoms with Gasteiger partial charge in [-0.2, -0.15) is 0 Å². The van der Waals surface area contributed by atoms with Crippen molar-refractivity contribution < 1.29 is 9.53 Å². The van der Waals surface area contributed by atoms with Gasteiger partial charge in [0.15, 0.2) is 0 Å². The van der Waals surface area contributed by atoms with Crippen molar-refractivity contribution >= 4 is 11.7 Å². The smallest absolute Gasteiger partial charge is 0.322 e. The molecule has 1 saturated heterocycles. The highest BCUT2D eigenvalue weighted by Crippen LogP contribution is 2.27. The van der Waals surface area contributed by atoms with Gasteiger partial charge in [0.05, 0.1) is 7.11 Å². The van der Waals surface area contributed by atoms with Crippen molar-refractivity contribution in [3.05, 3.63) is 24.3 Å². The minimum atomic E-state index is -0.0144. The molecule has 4 heteroatoms. The topological polar surface area (TPSA) is 41.6 Å². The lowest BCUT2D eigenvalue weighted by Gasteiger charge is -2.22. The van der Waals surface area contributed by atoms with Crippen molar-refractivity contribution in [2.24, 2.45) is 5.41 Å². The normalized spacial score (nSPS) is 19.5. The third-order valence-corrected chi connectivity index (χ3v) is 3.22. The number of benzene rings is 1. The average Bonchev–Trinajstić information content (AvgIpc) is 2.68. The molecule has 0 aliphatic carbocycles. The van der Waals surface area contributed by atoms with E-state index in [-0.39, 0.29) is 17.5 Å². The minimum absolute atomic E-state index is 0.0144. The van der Waals surface area contributed by atoms with E-state index in [1.165, 1.54) is 0 Å². The van der Waals surface area contributed by atoms with Crippen molar-refractivity contribution in [2.75, 3.05) is 18.6 Å². The van der Waals surface area contributed by atoms with Gasteiger partial charge >= 0.3 is 6.03 Å². The lowest BCUT2D eigenvalue weighted by Crippen LogP contribution is -2.30. The lowest BCUT2D eigenvalue weighted by molar-refractivity contribution is 0.248. The maximum absolute atomic E-state index is 12.0. The van der Waals surface area contributed by atoms with Crippen LogP contribution in [0.5, 0.6) is 5.75 Å². The first-order chi connectivity index (χ1) is 8.89. The molecule has 0 spiro atoms. The second kappa shape index (κ2) is 5.11. The zero-order chi connectivity index (χ0) is 14.0. The summed E-state index contributed by atoms with van der Waals surface area (Å²) in [6, 6.07) is 7.78. The molecular formula is C15H22N2O2. The van der Waals surface area contributed by atoms with Crippen LogP contribution in [-0.2, 0) is 0 Å². The summed E-state index contributed by atoms with van der Waals surface area (Å²) in [5, 5.41) is 3.04. The molecule has 1 aromatic rings. The SMILES string of the molecule is COc1ccc(N2CC(CC(C)(C)C)NC2=O)cc1. The van der Waals surface area contributed by atoms with Gasteiger partial charge in [0.25, 0.3) is 0 Å². The fourth-order valence-electron chi connectivity index (χ4n) is 2.44. The molecule has 0 aromatic heterocycles. The quantitative estimate of drug-likeness (QED) is 0.909. The zero-order valence-electron chi connectivity index (χ0n) is 12.1. The number of carbonyl (C=O) groups excluding carboxylic acids is 1. The molecule has 0 bridgehead atoms. The molecule has 4 nitrogen and oxygen atoms in total. The van der Waals surface area contributed by atoms with Gasteiger partial charge in [-0.05, 0) is 36.1 Å². The third kappa shape index (κ3) is 3.40. The summed E-state index contributed by atoms with van der Waals surface area (Å²) in [6.07, 6.45) is 0.978. The highest BCUT2D eigenvalue weighted by Gasteiger charge is 2.32. The maximum Gasteiger partial charge on any atom is 0.322 e. The average molecular weight is 262 g/mol. The van der Waals surface area contributed by atoms with Crippen LogP contribution in [0.1, 0.15) is 27.2 Å². The monoisotopic (exact) mass is 262 g/mol. The van der Waals surface area contributed by atoms with Crippen LogP contribution in [0.2, 0.25) is 0 Å². The van der Waals surface area contributed by atoms with Gasteiger partial charge in [-0.3, -0.25) is 4.90 Å². The Morgan fingerprint density at radius 3 is 2.47 bits per heavy atom. The predicted octanol–water partition coefficient (Wildman–Crippen LogP) is 3.03. The number of methoxy groups -OCH3 is 1. The van der Waals surface area contributed by atoms with Crippen LogP contribution in [-0.4, -0.2) is 25.7 Å². The molecule has 104 valence electrons. The number of nitrogens with one attached hydrogen (secondary N) is 1. The summed E-state index contributed by atoms with van der Waals surface area (Å²) in [6.45, 7) is 7.29. The Bertz CT molecular complexity index is 448. The number of nitrogens with zero attached hydrogens (tertiary/aromatic N) is 1. The fraction of sp³-hybridized carbons (Fsp3) is 0.533. The van der Waals surface area contributed by atoms with Crippen molar-refractivity contribution in [2.45, 2.75) is 33.2 Å². The minimum Gasteiger partial charge on any atom is -0.497 e. The first kappa shape index (κ1) is 13.7. The van der Waals surface area contributed by atoms with Gasteiger partial charge in [0.1, 0.15) is 5.75 Å². The fourth-order valence-corrected chi connectivity index (χ4v) is 2.44. The molecule has 1 heterocycles. The van der Waals surface area contributed by atoms with Gasteiger partial charge in [-0.25, -0.2) is 4.79 Å². The Balaban J connectivity index is 2.06. The maximum atomic E-state index is 12.0. The van der Waals surface area contributed by atoms with Crippen LogP contribution < -0.4 is 15.0 Å². The molecule has 0 radical (unpaired) electrons. The number of hydrogen-bond donors (Lipinski definition) is 1. The van der Waals surface area contributed by atoms with E-state index in [1.807, 2.05) is 24.3 Å². The summed E-state index contributed by atoms with van der Waals surface area (Å²) >= 11 is 0. The highest BCUT2D eigenvalue weighted by molar-refractivity contribution is 5.94. The summed E-state index contributed by atoms with van der Waals surface area (Å²) in [5.41, 5.74) is 1.13. The molecule has 2 amide bonds. The number of anilines is 1. The van der Waals surface area contributed by atoms with Gasteiger partial charge < -0.3 is 10.1 Å². The molecule has 1 N–H and O–H groups in total. The van der Waals surface area contributed by atoms with Crippen LogP contribution in [0.25, 0.3) is 0 Å². The van der Waals surface area contributed by atoms with E-state index in [0.717, 1.165) is 24.4 Å². The van der Waals surface area contributed by atoms with E-state index in [4.69, 9.17) is 4.74 Å². The van der Waals surface area contributed by atoms with E-state index in [1.54, 1.807) is 12.0 Å². The lowest BCUT2D eigenvalue weighted by atomic mass is 9.88. The van der Waals surface area contributed by atoms with Gasteiger partial charge in [0.2, 0.25) is 0 Å². The van der Waals surface area contributed by atoms with Crippen LogP contribution in [0, 0.1) is 5.41 Å². The van der Waals surface area contributed by atoms with Gasteiger partial charge in [-0.15, -0.1) is 0 Å². The van der Waals surface area contributed by atoms with Crippen molar-refractivity contribution in [3.8, 4) is 5.75 Å². The second-order valence-electron chi connectivity index (χ2n) is 6.22. The molecule has 2 rings (SSSR count). The largest absolute Gasteiger partial charge is 0.497 e. The molecular weight excluding hydrogens is 240 g/mol. The summed E-state index contributed by atoms with van der Waals surface area (Å²) in [7, 11) is 1.64. The second-order valence-corrected chi connectivity index (χ2v) is 6.22. The molecule has 19 heavy (non-hydrogen) atoms. The van der Waals surface area contributed by atoms with Crippen LogP contribution in [0.15, 0.2) is 24.3 Å². The van der Waals surface area contributed by atoms with Gasteiger partial charge in [0, 0.05) is 18.3 Å². The zero-order valence-corrected chi connectivity index (χ0v) is 12.1. The number of amides is 2. The van der Waals surface area contributed by atoms with Crippen LogP contribution >= 0.6 is 0 Å². The van der Waals surface area contributed by atoms with Crippen molar-refractivity contribution in [3.63, 3.8) is 0 Å². The number of carbonyl (C=O) groups is 1. The van der Waals surface area contributed by atoms with E-state index in [0.29, 0.717) is 0 Å². The number of ether oxygens (including phenoxy) is 1. The predicted molar refractivity (Wildman–Crippen MR) is 76.7 cm³/mol. The van der Waals surface area contributed by atoms with Crippen LogP contribution in [0.3, 0.4) is 0 Å². The van der Waals surface area contributed by atoms with E-state index in [9.17, 15) is 4.79 Å². The number of hydrogen-bond acceptors (Lipinski definition) is 2. The van der Waals surface area contributed by atoms with Crippen molar-refractivity contribution in [1.82, 2.24) is 5.32 Å². The van der Waals surface area contributed by atoms with Crippen LogP contribution in [0.4, 0.5) is 10.5 Å². The van der Waals surface area contributed by atoms with Gasteiger partial charge in [-0.1, -0.05) is 20.8 Å². The Morgan fingerprint density at radius 1 is 1.32 bits per heavy atom. The highest BCUT2D eigenvalue weighted by atomic mass is 16.5. The van der Waals surface area contributed by atoms with E-state index >= 15 is 0 Å². The Hall–Kier alpha value is -1.71. The van der Waals surface area contributed by atoms with E-state index < -0.39 is 0 Å². The molecule has 1 aromatic carbocycles. The summed E-state index contributed by atoms with van der Waals surface area (Å²) in [4.78, 5) is 13.8. The summed E-state index contributed by atoms with van der Waals surface area (Å²) in [5.74, 6) is 0.801. The molecule has 1 fully saturated rings. The third-order valence-electron chi connectivity index (χ3n) is 3.22. The first-order valence-corrected chi connectivity index (χ1v) is 6.61. The summed E-state index contributed by atoms with van der Waals surface area (Å²) < 4.78 is 5.13. The van der Waals surface area contributed by atoms with E-state index in [2.05, 4.69) is 26.1 Å². The molecule has 0 saturated carbocycles. The Labute approximate surface area is 114 Å². The Morgan fingerprint density at radius 2 is 1.95 bits per heavy atom. The standard InChI is InChI=1S/C15H22N2O2/c1-15(2,3)9-11-10-17(14(18)16-11)12-5-7-13(19-4)8-6-12/h5-8,11H,9-10H2,1-4H3,(H,16,18). The molecule has 1 unspecified atom stereocenters. The molecule has 1 aliphatic rings. The number of rotatable bonds is 3. The molecule has 1 aliphatic heterocycles. The van der Waals surface area contributed by atoms with Crippen molar-refractivity contribution in [1.29, 1.82) is 0 Å². The number of urea groups is 1. The molecule has 1 atom stereocenters. The first-order valence-electron chi connectivity index (χ1n) is 6.61. The Kier molecular flexibility index (Phi) is 3.69.